The number of nitrogens with one attached hydrogen (secondary N) is 1. The van der Waals surface area contributed by atoms with Gasteiger partial charge in [-0.05, 0) is 36.6 Å². The van der Waals surface area contributed by atoms with Crippen LogP contribution >= 0.6 is 0 Å². The molecule has 5 rings (SSSR count). The van der Waals surface area contributed by atoms with Crippen LogP contribution in [0.15, 0.2) is 42.5 Å². The average molecular weight is 409 g/mol. The number of amides is 1. The third kappa shape index (κ3) is 2.28. The van der Waals surface area contributed by atoms with Gasteiger partial charge in [0.05, 0.1) is 20.1 Å². The Morgan fingerprint density at radius 2 is 1.93 bits per heavy atom. The highest BCUT2D eigenvalue weighted by atomic mass is 16.6. The minimum atomic E-state index is -1.31. The highest BCUT2D eigenvalue weighted by Gasteiger charge is 2.73. The van der Waals surface area contributed by atoms with E-state index in [-0.39, 0.29) is 16.9 Å². The van der Waals surface area contributed by atoms with Crippen molar-refractivity contribution in [2.75, 3.05) is 26.1 Å². The van der Waals surface area contributed by atoms with E-state index >= 15 is 0 Å². The number of rotatable bonds is 4. The number of para-hydroxylation sites is 1. The molecule has 8 nitrogen and oxygen atoms in total. The van der Waals surface area contributed by atoms with Crippen molar-refractivity contribution in [2.45, 2.75) is 36.4 Å². The summed E-state index contributed by atoms with van der Waals surface area (Å²) in [4.78, 5) is 27.8. The second-order valence-electron chi connectivity index (χ2n) is 8.04. The number of carbonyl (C=O) groups excluding carboxylic acids is 1. The van der Waals surface area contributed by atoms with E-state index in [1.54, 1.807) is 20.3 Å². The molecule has 0 bridgehead atoms. The van der Waals surface area contributed by atoms with Gasteiger partial charge in [-0.2, -0.15) is 0 Å². The predicted molar refractivity (Wildman–Crippen MR) is 110 cm³/mol. The molecule has 156 valence electrons. The maximum Gasteiger partial charge on any atom is 0.256 e. The molecule has 3 aliphatic heterocycles. The fourth-order valence-electron chi connectivity index (χ4n) is 5.84. The van der Waals surface area contributed by atoms with Crippen molar-refractivity contribution in [2.24, 2.45) is 0 Å². The molecule has 3 heterocycles. The van der Waals surface area contributed by atoms with Crippen LogP contribution < -0.4 is 14.8 Å². The fraction of sp³-hybridized carbons (Fsp3) is 0.409. The summed E-state index contributed by atoms with van der Waals surface area (Å²) in [5, 5.41) is 15.5. The molecular formula is C22H23N3O5. The number of fused-ring (bicyclic) bond motifs is 4. The van der Waals surface area contributed by atoms with Gasteiger partial charge < -0.3 is 14.8 Å². The molecule has 2 fully saturated rings. The lowest BCUT2D eigenvalue weighted by atomic mass is 9.77. The molecule has 2 aromatic carbocycles. The molecule has 1 spiro atoms. The van der Waals surface area contributed by atoms with Crippen molar-refractivity contribution in [1.29, 1.82) is 0 Å². The van der Waals surface area contributed by atoms with E-state index < -0.39 is 17.5 Å². The number of nitro groups is 1. The van der Waals surface area contributed by atoms with Crippen LogP contribution in [0.4, 0.5) is 5.69 Å². The summed E-state index contributed by atoms with van der Waals surface area (Å²) < 4.78 is 10.8. The second kappa shape index (κ2) is 6.70. The van der Waals surface area contributed by atoms with Crippen molar-refractivity contribution in [3.8, 4) is 11.5 Å². The second-order valence-corrected chi connectivity index (χ2v) is 8.04. The standard InChI is InChI=1S/C22H23N3O5/c1-29-17-10-9-13(12-18(17)30-2)19-16-8-5-11-24(16)22(20(19)25(27)28)14-6-3-4-7-15(14)23-21(22)26/h3-4,6-7,9-10,12,16,19-20H,5,8,11H2,1-2H3,(H,23,26)/t16-,19+,20+,22+/m0/s1. The van der Waals surface area contributed by atoms with E-state index in [0.717, 1.165) is 18.4 Å². The first-order chi connectivity index (χ1) is 14.5. The summed E-state index contributed by atoms with van der Waals surface area (Å²) in [7, 11) is 3.10. The zero-order valence-corrected chi connectivity index (χ0v) is 16.8. The van der Waals surface area contributed by atoms with E-state index in [1.165, 1.54) is 0 Å². The first kappa shape index (κ1) is 18.9. The van der Waals surface area contributed by atoms with Gasteiger partial charge in [0.2, 0.25) is 0 Å². The van der Waals surface area contributed by atoms with E-state index in [0.29, 0.717) is 29.3 Å². The Hall–Kier alpha value is -3.13. The summed E-state index contributed by atoms with van der Waals surface area (Å²) in [6.07, 6.45) is 1.70. The SMILES string of the molecule is COc1ccc([C@@H]2[C@@H]3CCCN3[C@@]3(C(=O)Nc4ccccc43)[C@@H]2[N+](=O)[O-])cc1OC. The number of nitrogens with zero attached hydrogens (tertiary/aromatic N) is 2. The molecule has 3 aliphatic rings. The van der Waals surface area contributed by atoms with Crippen LogP contribution in [0.5, 0.6) is 11.5 Å². The molecule has 0 saturated carbocycles. The first-order valence-electron chi connectivity index (χ1n) is 10.1. The molecule has 0 unspecified atom stereocenters. The highest BCUT2D eigenvalue weighted by Crippen LogP contribution is 2.58. The lowest BCUT2D eigenvalue weighted by Crippen LogP contribution is -2.55. The van der Waals surface area contributed by atoms with Crippen LogP contribution in [0.3, 0.4) is 0 Å². The zero-order valence-electron chi connectivity index (χ0n) is 16.8. The third-order valence-corrected chi connectivity index (χ3v) is 6.89. The third-order valence-electron chi connectivity index (χ3n) is 6.89. The van der Waals surface area contributed by atoms with Gasteiger partial charge in [-0.1, -0.05) is 24.3 Å². The monoisotopic (exact) mass is 409 g/mol. The van der Waals surface area contributed by atoms with Crippen LogP contribution in [-0.2, 0) is 10.3 Å². The molecule has 2 aromatic rings. The van der Waals surface area contributed by atoms with Gasteiger partial charge in [-0.25, -0.2) is 0 Å². The molecule has 1 amide bonds. The smallest absolute Gasteiger partial charge is 0.256 e. The maximum atomic E-state index is 13.4. The molecular weight excluding hydrogens is 386 g/mol. The number of anilines is 1. The molecule has 0 aromatic heterocycles. The Labute approximate surface area is 173 Å². The van der Waals surface area contributed by atoms with E-state index in [2.05, 4.69) is 10.2 Å². The normalized spacial score (nSPS) is 29.5. The number of carbonyl (C=O) groups is 1. The Balaban J connectivity index is 1.73. The van der Waals surface area contributed by atoms with Gasteiger partial charge in [-0.3, -0.25) is 19.8 Å². The first-order valence-corrected chi connectivity index (χ1v) is 10.1. The van der Waals surface area contributed by atoms with E-state index in [1.807, 2.05) is 36.4 Å². The Morgan fingerprint density at radius 1 is 1.17 bits per heavy atom. The van der Waals surface area contributed by atoms with Crippen LogP contribution in [0.25, 0.3) is 0 Å². The van der Waals surface area contributed by atoms with Gasteiger partial charge in [0.15, 0.2) is 17.0 Å². The van der Waals surface area contributed by atoms with Gasteiger partial charge in [0.25, 0.3) is 11.9 Å². The highest BCUT2D eigenvalue weighted by molar-refractivity contribution is 6.07. The lowest BCUT2D eigenvalue weighted by Gasteiger charge is -2.32. The van der Waals surface area contributed by atoms with Crippen molar-refractivity contribution >= 4 is 11.6 Å². The number of benzene rings is 2. The van der Waals surface area contributed by atoms with Gasteiger partial charge in [-0.15, -0.1) is 0 Å². The summed E-state index contributed by atoms with van der Waals surface area (Å²) >= 11 is 0. The van der Waals surface area contributed by atoms with Crippen LogP contribution in [0, 0.1) is 10.1 Å². The Morgan fingerprint density at radius 3 is 2.67 bits per heavy atom. The van der Waals surface area contributed by atoms with Crippen LogP contribution in [0.1, 0.15) is 29.9 Å². The van der Waals surface area contributed by atoms with E-state index in [9.17, 15) is 14.9 Å². The summed E-state index contributed by atoms with van der Waals surface area (Å²) in [6.45, 7) is 0.653. The number of hydrogen-bond acceptors (Lipinski definition) is 6. The molecule has 0 radical (unpaired) electrons. The lowest BCUT2D eigenvalue weighted by molar-refractivity contribution is -0.534. The molecule has 4 atom stereocenters. The average Bonchev–Trinajstić information content (AvgIpc) is 3.41. The number of hydrogen-bond donors (Lipinski definition) is 1. The minimum absolute atomic E-state index is 0.101. The predicted octanol–water partition coefficient (Wildman–Crippen LogP) is 2.76. The molecule has 2 saturated heterocycles. The molecule has 1 N–H and O–H groups in total. The quantitative estimate of drug-likeness (QED) is 0.617. The summed E-state index contributed by atoms with van der Waals surface area (Å²) in [5.74, 6) is 0.345. The van der Waals surface area contributed by atoms with E-state index in [4.69, 9.17) is 9.47 Å². The van der Waals surface area contributed by atoms with Crippen LogP contribution in [-0.4, -0.2) is 48.6 Å². The van der Waals surface area contributed by atoms with Gasteiger partial charge >= 0.3 is 0 Å². The van der Waals surface area contributed by atoms with Crippen molar-refractivity contribution in [3.63, 3.8) is 0 Å². The number of ether oxygens (including phenoxy) is 2. The largest absolute Gasteiger partial charge is 0.493 e. The van der Waals surface area contributed by atoms with Gasteiger partial charge in [0, 0.05) is 28.8 Å². The summed E-state index contributed by atoms with van der Waals surface area (Å²) in [6, 6.07) is 11.6. The van der Waals surface area contributed by atoms with Crippen LogP contribution in [0.2, 0.25) is 0 Å². The zero-order chi connectivity index (χ0) is 21.0. The maximum absolute atomic E-state index is 13.4. The Bertz CT molecular complexity index is 1040. The topological polar surface area (TPSA) is 93.9 Å². The molecule has 30 heavy (non-hydrogen) atoms. The van der Waals surface area contributed by atoms with Crippen molar-refractivity contribution < 1.29 is 19.2 Å². The molecule has 8 heteroatoms. The van der Waals surface area contributed by atoms with Gasteiger partial charge in [0.1, 0.15) is 0 Å². The summed E-state index contributed by atoms with van der Waals surface area (Å²) in [5.41, 5.74) is 0.846. The molecule has 0 aliphatic carbocycles. The van der Waals surface area contributed by atoms with Crippen molar-refractivity contribution in [3.05, 3.63) is 63.7 Å². The fourth-order valence-corrected chi connectivity index (χ4v) is 5.84. The minimum Gasteiger partial charge on any atom is -0.493 e. The number of methoxy groups -OCH3 is 2. The van der Waals surface area contributed by atoms with Crippen molar-refractivity contribution in [1.82, 2.24) is 4.90 Å². The Kier molecular flexibility index (Phi) is 4.21.